The number of nitrogens with zero attached hydrogens (tertiary/aromatic N) is 2. The van der Waals surface area contributed by atoms with Gasteiger partial charge in [0, 0.05) is 24.6 Å². The molecule has 4 rings (SSSR count). The van der Waals surface area contributed by atoms with E-state index in [-0.39, 0.29) is 17.5 Å². The van der Waals surface area contributed by atoms with Crippen LogP contribution in [-0.4, -0.2) is 21.5 Å². The van der Waals surface area contributed by atoms with Gasteiger partial charge in [-0.05, 0) is 56.4 Å². The number of carbonyl (C=O) groups excluding carboxylic acids is 1. The van der Waals surface area contributed by atoms with Crippen molar-refractivity contribution in [2.75, 3.05) is 0 Å². The molecule has 1 amide bonds. The summed E-state index contributed by atoms with van der Waals surface area (Å²) >= 11 is 0. The highest BCUT2D eigenvalue weighted by atomic mass is 16.1. The molecule has 1 aliphatic rings. The number of benzene rings is 2. The Bertz CT molecular complexity index is 1070. The number of rotatable bonds is 5. The number of hydrogen-bond acceptors (Lipinski definition) is 3. The van der Waals surface area contributed by atoms with Gasteiger partial charge in [-0.1, -0.05) is 36.8 Å². The first-order valence-corrected chi connectivity index (χ1v) is 10.5. The summed E-state index contributed by atoms with van der Waals surface area (Å²) < 4.78 is 1.81. The Morgan fingerprint density at radius 3 is 2.79 bits per heavy atom. The van der Waals surface area contributed by atoms with Gasteiger partial charge in [-0.15, -0.1) is 0 Å². The molecule has 0 spiro atoms. The van der Waals surface area contributed by atoms with Gasteiger partial charge in [0.1, 0.15) is 5.82 Å². The Labute approximate surface area is 170 Å². The maximum Gasteiger partial charge on any atom is 0.261 e. The van der Waals surface area contributed by atoms with Crippen molar-refractivity contribution in [3.05, 3.63) is 75.8 Å². The van der Waals surface area contributed by atoms with Crippen molar-refractivity contribution < 1.29 is 4.79 Å². The standard InChI is InChI=1S/C24H27N3O2/c1-17(11-12-18-8-4-2-5-9-18)25-23(28)19-13-14-20-21(16-19)26-22-10-6-3-7-15-27(22)24(20)29/h2,4-5,8-9,13-14,16-17H,3,6-7,10-12,15H2,1H3,(H,25,28). The SMILES string of the molecule is CC(CCc1ccccc1)NC(=O)c1ccc2c(=O)n3c(nc2c1)CCCCC3. The molecule has 0 saturated carbocycles. The number of amides is 1. The Hall–Kier alpha value is -2.95. The predicted molar refractivity (Wildman–Crippen MR) is 115 cm³/mol. The van der Waals surface area contributed by atoms with Crippen LogP contribution in [0.5, 0.6) is 0 Å². The van der Waals surface area contributed by atoms with E-state index < -0.39 is 0 Å². The summed E-state index contributed by atoms with van der Waals surface area (Å²) in [6.45, 7) is 2.75. The molecule has 2 aromatic carbocycles. The van der Waals surface area contributed by atoms with Crippen molar-refractivity contribution in [2.45, 2.75) is 58.0 Å². The molecule has 150 valence electrons. The zero-order valence-electron chi connectivity index (χ0n) is 16.9. The monoisotopic (exact) mass is 389 g/mol. The van der Waals surface area contributed by atoms with Gasteiger partial charge in [-0.3, -0.25) is 14.2 Å². The maximum absolute atomic E-state index is 12.8. The molecule has 1 N–H and O–H groups in total. The smallest absolute Gasteiger partial charge is 0.261 e. The second-order valence-electron chi connectivity index (χ2n) is 7.93. The van der Waals surface area contributed by atoms with Gasteiger partial charge in [0.15, 0.2) is 0 Å². The van der Waals surface area contributed by atoms with Crippen LogP contribution in [0.3, 0.4) is 0 Å². The molecule has 5 heteroatoms. The lowest BCUT2D eigenvalue weighted by molar-refractivity contribution is 0.0938. The molecule has 0 fully saturated rings. The van der Waals surface area contributed by atoms with Crippen molar-refractivity contribution in [1.29, 1.82) is 0 Å². The molecule has 29 heavy (non-hydrogen) atoms. The fourth-order valence-corrected chi connectivity index (χ4v) is 3.97. The summed E-state index contributed by atoms with van der Waals surface area (Å²) in [4.78, 5) is 30.3. The first-order valence-electron chi connectivity index (χ1n) is 10.5. The van der Waals surface area contributed by atoms with E-state index in [0.717, 1.165) is 50.9 Å². The zero-order chi connectivity index (χ0) is 20.2. The predicted octanol–water partition coefficient (Wildman–Crippen LogP) is 3.87. The molecule has 1 unspecified atom stereocenters. The molecule has 1 aromatic heterocycles. The second-order valence-corrected chi connectivity index (χ2v) is 7.93. The molecule has 0 aliphatic carbocycles. The summed E-state index contributed by atoms with van der Waals surface area (Å²) in [5.41, 5.74) is 2.45. The molecule has 2 heterocycles. The van der Waals surface area contributed by atoms with Crippen LogP contribution in [0, 0.1) is 0 Å². The summed E-state index contributed by atoms with van der Waals surface area (Å²) in [5, 5.41) is 3.66. The summed E-state index contributed by atoms with van der Waals surface area (Å²) in [7, 11) is 0. The third-order valence-electron chi connectivity index (χ3n) is 5.67. The van der Waals surface area contributed by atoms with Crippen molar-refractivity contribution in [2.24, 2.45) is 0 Å². The van der Waals surface area contributed by atoms with Crippen LogP contribution in [0.2, 0.25) is 0 Å². The molecule has 1 aliphatic heterocycles. The molecular formula is C24H27N3O2. The van der Waals surface area contributed by atoms with Gasteiger partial charge in [0.05, 0.1) is 10.9 Å². The fraction of sp³-hybridized carbons (Fsp3) is 0.375. The van der Waals surface area contributed by atoms with Crippen LogP contribution < -0.4 is 10.9 Å². The maximum atomic E-state index is 12.8. The average molecular weight is 389 g/mol. The Kier molecular flexibility index (Phi) is 5.74. The normalized spacial score (nSPS) is 14.8. The Morgan fingerprint density at radius 1 is 1.14 bits per heavy atom. The van der Waals surface area contributed by atoms with Gasteiger partial charge in [0.2, 0.25) is 0 Å². The van der Waals surface area contributed by atoms with Crippen molar-refractivity contribution in [1.82, 2.24) is 14.9 Å². The third kappa shape index (κ3) is 4.39. The van der Waals surface area contributed by atoms with Gasteiger partial charge >= 0.3 is 0 Å². The van der Waals surface area contributed by atoms with Crippen LogP contribution in [0.25, 0.3) is 10.9 Å². The number of hydrogen-bond donors (Lipinski definition) is 1. The van der Waals surface area contributed by atoms with Crippen LogP contribution in [-0.2, 0) is 19.4 Å². The molecule has 0 radical (unpaired) electrons. The molecule has 1 atom stereocenters. The van der Waals surface area contributed by atoms with Crippen molar-refractivity contribution in [3.63, 3.8) is 0 Å². The summed E-state index contributed by atoms with van der Waals surface area (Å²) in [6, 6.07) is 15.6. The van der Waals surface area contributed by atoms with E-state index >= 15 is 0 Å². The fourth-order valence-electron chi connectivity index (χ4n) is 3.97. The molecule has 0 saturated heterocycles. The zero-order valence-corrected chi connectivity index (χ0v) is 16.9. The van der Waals surface area contributed by atoms with Crippen LogP contribution in [0.4, 0.5) is 0 Å². The topological polar surface area (TPSA) is 64.0 Å². The van der Waals surface area contributed by atoms with E-state index in [1.807, 2.05) is 25.1 Å². The first kappa shape index (κ1) is 19.4. The minimum absolute atomic E-state index is 0.00934. The quantitative estimate of drug-likeness (QED) is 0.720. The van der Waals surface area contributed by atoms with Crippen LogP contribution in [0.1, 0.15) is 54.4 Å². The Balaban J connectivity index is 1.50. The van der Waals surface area contributed by atoms with E-state index in [9.17, 15) is 9.59 Å². The first-order chi connectivity index (χ1) is 14.1. The van der Waals surface area contributed by atoms with Gasteiger partial charge in [-0.25, -0.2) is 4.98 Å². The van der Waals surface area contributed by atoms with E-state index in [0.29, 0.717) is 16.5 Å². The largest absolute Gasteiger partial charge is 0.350 e. The lowest BCUT2D eigenvalue weighted by atomic mass is 10.1. The van der Waals surface area contributed by atoms with Crippen LogP contribution >= 0.6 is 0 Å². The lowest BCUT2D eigenvalue weighted by Gasteiger charge is -2.15. The van der Waals surface area contributed by atoms with Gasteiger partial charge in [-0.2, -0.15) is 0 Å². The molecular weight excluding hydrogens is 362 g/mol. The number of nitrogens with one attached hydrogen (secondary N) is 1. The third-order valence-corrected chi connectivity index (χ3v) is 5.67. The average Bonchev–Trinajstić information content (AvgIpc) is 2.98. The number of aromatic nitrogens is 2. The van der Waals surface area contributed by atoms with Gasteiger partial charge in [0.25, 0.3) is 11.5 Å². The van der Waals surface area contributed by atoms with Crippen molar-refractivity contribution >= 4 is 16.8 Å². The Morgan fingerprint density at radius 2 is 1.97 bits per heavy atom. The summed E-state index contributed by atoms with van der Waals surface area (Å²) in [5.74, 6) is 0.720. The van der Waals surface area contributed by atoms with E-state index in [1.165, 1.54) is 5.56 Å². The highest BCUT2D eigenvalue weighted by Crippen LogP contribution is 2.16. The minimum Gasteiger partial charge on any atom is -0.350 e. The molecule has 3 aromatic rings. The number of aryl methyl sites for hydroxylation is 2. The van der Waals surface area contributed by atoms with E-state index in [4.69, 9.17) is 4.98 Å². The van der Waals surface area contributed by atoms with E-state index in [1.54, 1.807) is 22.8 Å². The minimum atomic E-state index is -0.121. The summed E-state index contributed by atoms with van der Waals surface area (Å²) in [6.07, 6.45) is 5.80. The van der Waals surface area contributed by atoms with Gasteiger partial charge < -0.3 is 5.32 Å². The number of carbonyl (C=O) groups is 1. The lowest BCUT2D eigenvalue weighted by Crippen LogP contribution is -2.33. The van der Waals surface area contributed by atoms with Crippen LogP contribution in [0.15, 0.2) is 53.3 Å². The van der Waals surface area contributed by atoms with Crippen molar-refractivity contribution in [3.8, 4) is 0 Å². The highest BCUT2D eigenvalue weighted by molar-refractivity contribution is 5.97. The highest BCUT2D eigenvalue weighted by Gasteiger charge is 2.16. The number of fused-ring (bicyclic) bond motifs is 2. The van der Waals surface area contributed by atoms with E-state index in [2.05, 4.69) is 17.4 Å². The molecule has 0 bridgehead atoms. The molecule has 5 nitrogen and oxygen atoms in total. The second kappa shape index (κ2) is 8.60.